The maximum atomic E-state index is 12.4. The van der Waals surface area contributed by atoms with Crippen LogP contribution in [-0.4, -0.2) is 19.9 Å². The third-order valence-electron chi connectivity index (χ3n) is 4.80. The molecule has 1 aromatic heterocycles. The Morgan fingerprint density at radius 3 is 2.50 bits per heavy atom. The summed E-state index contributed by atoms with van der Waals surface area (Å²) in [7, 11) is -3.56. The maximum absolute atomic E-state index is 12.4. The smallest absolute Gasteiger partial charge is 0.240 e. The Morgan fingerprint density at radius 1 is 0.967 bits per heavy atom. The molecular weight excluding hydrogens is 420 g/mol. The molecule has 0 saturated carbocycles. The van der Waals surface area contributed by atoms with Gasteiger partial charge in [0.15, 0.2) is 0 Å². The van der Waals surface area contributed by atoms with Crippen LogP contribution in [0.4, 0.5) is 0 Å². The summed E-state index contributed by atoms with van der Waals surface area (Å²) in [5, 5.41) is 1.55. The van der Waals surface area contributed by atoms with Gasteiger partial charge in [0, 0.05) is 34.7 Å². The Hall–Kier alpha value is -2.80. The molecule has 4 aromatic rings. The first kappa shape index (κ1) is 20.5. The number of sulfonamides is 1. The molecule has 0 bridgehead atoms. The number of H-pyrrole nitrogens is 1. The Morgan fingerprint density at radius 2 is 1.73 bits per heavy atom. The predicted molar refractivity (Wildman–Crippen MR) is 119 cm³/mol. The molecule has 154 valence electrons. The fraction of sp³-hybridized carbons (Fsp3) is 0.130. The van der Waals surface area contributed by atoms with Crippen molar-refractivity contribution in [1.29, 1.82) is 0 Å². The van der Waals surface area contributed by atoms with Crippen LogP contribution < -0.4 is 9.46 Å². The first-order valence-corrected chi connectivity index (χ1v) is 11.4. The van der Waals surface area contributed by atoms with Crippen molar-refractivity contribution in [3.8, 4) is 5.75 Å². The molecule has 0 aliphatic rings. The highest BCUT2D eigenvalue weighted by Crippen LogP contribution is 2.24. The summed E-state index contributed by atoms with van der Waals surface area (Å²) in [6, 6.07) is 22.0. The minimum absolute atomic E-state index is 0.200. The summed E-state index contributed by atoms with van der Waals surface area (Å²) in [6.07, 6.45) is 2.47. The molecule has 0 radical (unpaired) electrons. The van der Waals surface area contributed by atoms with E-state index in [4.69, 9.17) is 16.3 Å². The monoisotopic (exact) mass is 440 g/mol. The van der Waals surface area contributed by atoms with E-state index < -0.39 is 10.0 Å². The second kappa shape index (κ2) is 8.92. The number of nitrogens with one attached hydrogen (secondary N) is 2. The lowest BCUT2D eigenvalue weighted by molar-refractivity contribution is 0.306. The van der Waals surface area contributed by atoms with E-state index in [-0.39, 0.29) is 4.90 Å². The SMILES string of the molecule is O=S(=O)(NCCc1c[nH]c2cc(OCc3ccccc3)ccc12)c1ccc(Cl)cc1. The first-order chi connectivity index (χ1) is 14.5. The van der Waals surface area contributed by atoms with Gasteiger partial charge in [-0.2, -0.15) is 0 Å². The third-order valence-corrected chi connectivity index (χ3v) is 6.53. The standard InChI is InChI=1S/C23H21ClN2O3S/c24-19-6-9-21(10-7-19)30(27,28)26-13-12-18-15-25-23-14-20(8-11-22(18)23)29-16-17-4-2-1-3-5-17/h1-11,14-15,25-26H,12-13,16H2. The molecule has 0 unspecified atom stereocenters. The van der Waals surface area contributed by atoms with Crippen LogP contribution >= 0.6 is 11.6 Å². The zero-order valence-electron chi connectivity index (χ0n) is 16.1. The molecule has 1 heterocycles. The van der Waals surface area contributed by atoms with Crippen LogP contribution in [-0.2, 0) is 23.1 Å². The number of fused-ring (bicyclic) bond motifs is 1. The Bertz CT molecular complexity index is 1240. The van der Waals surface area contributed by atoms with Crippen molar-refractivity contribution in [3.05, 3.63) is 95.1 Å². The summed E-state index contributed by atoms with van der Waals surface area (Å²) in [6.45, 7) is 0.802. The number of ether oxygens (including phenoxy) is 1. The summed E-state index contributed by atoms with van der Waals surface area (Å²) in [5.41, 5.74) is 3.10. The number of halogens is 1. The van der Waals surface area contributed by atoms with Gasteiger partial charge in [-0.15, -0.1) is 0 Å². The summed E-state index contributed by atoms with van der Waals surface area (Å²) < 4.78 is 33.3. The van der Waals surface area contributed by atoms with Crippen LogP contribution in [0, 0.1) is 0 Å². The van der Waals surface area contributed by atoms with E-state index >= 15 is 0 Å². The maximum Gasteiger partial charge on any atom is 0.240 e. The fourth-order valence-electron chi connectivity index (χ4n) is 3.22. The van der Waals surface area contributed by atoms with Gasteiger partial charge < -0.3 is 9.72 Å². The Kier molecular flexibility index (Phi) is 6.08. The van der Waals surface area contributed by atoms with Gasteiger partial charge >= 0.3 is 0 Å². The topological polar surface area (TPSA) is 71.2 Å². The largest absolute Gasteiger partial charge is 0.489 e. The lowest BCUT2D eigenvalue weighted by Crippen LogP contribution is -2.25. The molecule has 0 atom stereocenters. The molecule has 4 rings (SSSR count). The molecule has 2 N–H and O–H groups in total. The van der Waals surface area contributed by atoms with Gasteiger partial charge in [-0.05, 0) is 53.9 Å². The molecule has 30 heavy (non-hydrogen) atoms. The average Bonchev–Trinajstić information content (AvgIpc) is 3.15. The van der Waals surface area contributed by atoms with Crippen molar-refractivity contribution in [3.63, 3.8) is 0 Å². The van der Waals surface area contributed by atoms with E-state index in [1.165, 1.54) is 12.1 Å². The molecule has 0 amide bonds. The van der Waals surface area contributed by atoms with E-state index in [1.54, 1.807) is 12.1 Å². The van der Waals surface area contributed by atoms with Gasteiger partial charge in [-0.3, -0.25) is 0 Å². The van der Waals surface area contributed by atoms with Crippen molar-refractivity contribution >= 4 is 32.5 Å². The quantitative estimate of drug-likeness (QED) is 0.408. The average molecular weight is 441 g/mol. The second-order valence-electron chi connectivity index (χ2n) is 6.90. The normalized spacial score (nSPS) is 11.6. The number of benzene rings is 3. The Balaban J connectivity index is 1.38. The molecule has 3 aromatic carbocycles. The first-order valence-electron chi connectivity index (χ1n) is 9.53. The van der Waals surface area contributed by atoms with Gasteiger partial charge in [0.05, 0.1) is 4.90 Å². The molecule has 0 fully saturated rings. The highest BCUT2D eigenvalue weighted by molar-refractivity contribution is 7.89. The van der Waals surface area contributed by atoms with Crippen LogP contribution in [0.25, 0.3) is 10.9 Å². The summed E-state index contributed by atoms with van der Waals surface area (Å²) >= 11 is 5.82. The van der Waals surface area contributed by atoms with Gasteiger partial charge in [0.1, 0.15) is 12.4 Å². The van der Waals surface area contributed by atoms with E-state index in [9.17, 15) is 8.42 Å². The molecule has 0 aliphatic carbocycles. The highest BCUT2D eigenvalue weighted by Gasteiger charge is 2.14. The number of hydrogen-bond donors (Lipinski definition) is 2. The summed E-state index contributed by atoms with van der Waals surface area (Å²) in [5.74, 6) is 0.781. The molecule has 0 saturated heterocycles. The van der Waals surface area contributed by atoms with Gasteiger partial charge in [-0.1, -0.05) is 41.9 Å². The van der Waals surface area contributed by atoms with E-state index in [1.807, 2.05) is 54.7 Å². The van der Waals surface area contributed by atoms with Crippen molar-refractivity contribution in [2.45, 2.75) is 17.9 Å². The predicted octanol–water partition coefficient (Wildman–Crippen LogP) is 4.92. The number of aromatic amines is 1. The van der Waals surface area contributed by atoms with Crippen LogP contribution in [0.1, 0.15) is 11.1 Å². The number of rotatable bonds is 8. The zero-order valence-corrected chi connectivity index (χ0v) is 17.7. The molecule has 0 aliphatic heterocycles. The highest BCUT2D eigenvalue weighted by atomic mass is 35.5. The van der Waals surface area contributed by atoms with Crippen molar-refractivity contribution in [2.24, 2.45) is 0 Å². The van der Waals surface area contributed by atoms with E-state index in [2.05, 4.69) is 9.71 Å². The molecular formula is C23H21ClN2O3S. The van der Waals surface area contributed by atoms with Crippen LogP contribution in [0.5, 0.6) is 5.75 Å². The lowest BCUT2D eigenvalue weighted by Gasteiger charge is -2.08. The van der Waals surface area contributed by atoms with Gasteiger partial charge in [-0.25, -0.2) is 13.1 Å². The second-order valence-corrected chi connectivity index (χ2v) is 9.10. The van der Waals surface area contributed by atoms with Crippen molar-refractivity contribution in [1.82, 2.24) is 9.71 Å². The zero-order chi connectivity index (χ0) is 21.0. The van der Waals surface area contributed by atoms with Crippen LogP contribution in [0.3, 0.4) is 0 Å². The van der Waals surface area contributed by atoms with Gasteiger partial charge in [0.2, 0.25) is 10.0 Å². The number of aromatic nitrogens is 1. The third kappa shape index (κ3) is 4.84. The Labute approximate surface area is 180 Å². The lowest BCUT2D eigenvalue weighted by atomic mass is 10.1. The van der Waals surface area contributed by atoms with E-state index in [0.717, 1.165) is 27.8 Å². The minimum atomic E-state index is -3.56. The molecule has 7 heteroatoms. The van der Waals surface area contributed by atoms with Gasteiger partial charge in [0.25, 0.3) is 0 Å². The minimum Gasteiger partial charge on any atom is -0.489 e. The van der Waals surface area contributed by atoms with Crippen LogP contribution in [0.2, 0.25) is 5.02 Å². The fourth-order valence-corrected chi connectivity index (χ4v) is 4.38. The van der Waals surface area contributed by atoms with Crippen molar-refractivity contribution < 1.29 is 13.2 Å². The van der Waals surface area contributed by atoms with Crippen LogP contribution in [0.15, 0.2) is 83.9 Å². The van der Waals surface area contributed by atoms with Crippen molar-refractivity contribution in [2.75, 3.05) is 6.54 Å². The number of hydrogen-bond acceptors (Lipinski definition) is 3. The van der Waals surface area contributed by atoms with E-state index in [0.29, 0.717) is 24.6 Å². The summed E-state index contributed by atoms with van der Waals surface area (Å²) in [4.78, 5) is 3.44. The molecule has 0 spiro atoms. The molecule has 5 nitrogen and oxygen atoms in total.